The lowest BCUT2D eigenvalue weighted by Crippen LogP contribution is -2.30. The van der Waals surface area contributed by atoms with Crippen molar-refractivity contribution in [3.8, 4) is 0 Å². The van der Waals surface area contributed by atoms with E-state index in [1.54, 1.807) is 12.1 Å². The predicted octanol–water partition coefficient (Wildman–Crippen LogP) is 5.00. The van der Waals surface area contributed by atoms with Crippen LogP contribution in [0.4, 0.5) is 4.39 Å². The SMILES string of the molecule is Cc1ccc(CN(Cc2ccc(F)cc2)S(=O)(=O)c2ccc(S(=O)(=O)NCc3ccccc3)cc2)cc1. The van der Waals surface area contributed by atoms with E-state index >= 15 is 0 Å². The minimum Gasteiger partial charge on any atom is -0.207 e. The van der Waals surface area contributed by atoms with Crippen molar-refractivity contribution in [3.05, 3.63) is 131 Å². The predicted molar refractivity (Wildman–Crippen MR) is 141 cm³/mol. The molecule has 0 aliphatic heterocycles. The fourth-order valence-electron chi connectivity index (χ4n) is 3.71. The molecule has 0 aliphatic rings. The molecule has 9 heteroatoms. The number of hydrogen-bond donors (Lipinski definition) is 1. The largest absolute Gasteiger partial charge is 0.243 e. The van der Waals surface area contributed by atoms with Gasteiger partial charge in [0.1, 0.15) is 5.82 Å². The molecule has 0 saturated heterocycles. The molecule has 4 aromatic rings. The Morgan fingerprint density at radius 1 is 0.649 bits per heavy atom. The molecule has 4 rings (SSSR count). The van der Waals surface area contributed by atoms with E-state index in [1.807, 2.05) is 61.5 Å². The van der Waals surface area contributed by atoms with Crippen molar-refractivity contribution in [3.63, 3.8) is 0 Å². The molecule has 0 aromatic heterocycles. The molecule has 6 nitrogen and oxygen atoms in total. The molecule has 0 amide bonds. The molecule has 0 bridgehead atoms. The molecule has 0 unspecified atom stereocenters. The Labute approximate surface area is 217 Å². The summed E-state index contributed by atoms with van der Waals surface area (Å²) in [6.45, 7) is 2.18. The molecule has 0 fully saturated rings. The van der Waals surface area contributed by atoms with Crippen molar-refractivity contribution in [2.75, 3.05) is 0 Å². The zero-order valence-corrected chi connectivity index (χ0v) is 21.8. The minimum absolute atomic E-state index is 0.0230. The zero-order chi connectivity index (χ0) is 26.5. The first-order valence-corrected chi connectivity index (χ1v) is 14.5. The maximum atomic E-state index is 13.6. The summed E-state index contributed by atoms with van der Waals surface area (Å²) in [5.41, 5.74) is 3.27. The first-order chi connectivity index (χ1) is 17.6. The lowest BCUT2D eigenvalue weighted by atomic mass is 10.1. The van der Waals surface area contributed by atoms with E-state index in [0.717, 1.165) is 16.7 Å². The fourth-order valence-corrected chi connectivity index (χ4v) is 6.15. The first kappa shape index (κ1) is 26.7. The van der Waals surface area contributed by atoms with Gasteiger partial charge in [-0.2, -0.15) is 4.31 Å². The number of rotatable bonds is 10. The summed E-state index contributed by atoms with van der Waals surface area (Å²) in [5.74, 6) is -0.408. The van der Waals surface area contributed by atoms with Gasteiger partial charge in [0.25, 0.3) is 0 Å². The molecule has 1 N–H and O–H groups in total. The number of hydrogen-bond acceptors (Lipinski definition) is 4. The third-order valence-corrected chi connectivity index (χ3v) is 9.06. The average molecular weight is 539 g/mol. The highest BCUT2D eigenvalue weighted by Crippen LogP contribution is 2.23. The molecule has 4 aromatic carbocycles. The van der Waals surface area contributed by atoms with Crippen LogP contribution in [-0.4, -0.2) is 21.1 Å². The Kier molecular flexibility index (Phi) is 8.19. The highest BCUT2D eigenvalue weighted by atomic mass is 32.2. The molecule has 0 heterocycles. The third-order valence-electron chi connectivity index (χ3n) is 5.83. The van der Waals surface area contributed by atoms with Crippen molar-refractivity contribution in [2.24, 2.45) is 0 Å². The van der Waals surface area contributed by atoms with Gasteiger partial charge in [-0.25, -0.2) is 25.9 Å². The molecule has 0 aliphatic carbocycles. The summed E-state index contributed by atoms with van der Waals surface area (Å²) in [5, 5.41) is 0. The smallest absolute Gasteiger partial charge is 0.207 e. The van der Waals surface area contributed by atoms with E-state index in [4.69, 9.17) is 0 Å². The van der Waals surface area contributed by atoms with Crippen molar-refractivity contribution in [1.82, 2.24) is 9.03 Å². The molecule has 0 radical (unpaired) electrons. The third kappa shape index (κ3) is 6.90. The maximum Gasteiger partial charge on any atom is 0.243 e. The highest BCUT2D eigenvalue weighted by Gasteiger charge is 2.26. The Hall–Kier alpha value is -3.37. The van der Waals surface area contributed by atoms with Crippen LogP contribution in [0, 0.1) is 12.7 Å². The van der Waals surface area contributed by atoms with Crippen LogP contribution in [0.15, 0.2) is 113 Å². The van der Waals surface area contributed by atoms with Gasteiger partial charge in [-0.3, -0.25) is 0 Å². The Balaban J connectivity index is 1.58. The lowest BCUT2D eigenvalue weighted by molar-refractivity contribution is 0.401. The van der Waals surface area contributed by atoms with E-state index < -0.39 is 25.9 Å². The van der Waals surface area contributed by atoms with Crippen LogP contribution < -0.4 is 4.72 Å². The van der Waals surface area contributed by atoms with E-state index in [1.165, 1.54) is 40.7 Å². The second kappa shape index (κ2) is 11.4. The van der Waals surface area contributed by atoms with Crippen LogP contribution in [0.25, 0.3) is 0 Å². The maximum absolute atomic E-state index is 13.6. The lowest BCUT2D eigenvalue weighted by Gasteiger charge is -2.23. The normalized spacial score (nSPS) is 12.1. The number of benzene rings is 4. The molecule has 0 spiro atoms. The van der Waals surface area contributed by atoms with Gasteiger partial charge in [0.05, 0.1) is 9.79 Å². The van der Waals surface area contributed by atoms with Crippen LogP contribution in [0.2, 0.25) is 0 Å². The second-order valence-electron chi connectivity index (χ2n) is 8.67. The van der Waals surface area contributed by atoms with Gasteiger partial charge in [-0.15, -0.1) is 0 Å². The average Bonchev–Trinajstić information content (AvgIpc) is 2.90. The minimum atomic E-state index is -4.01. The molecular formula is C28H27FN2O4S2. The summed E-state index contributed by atoms with van der Waals surface area (Å²) < 4.78 is 70.0. The van der Waals surface area contributed by atoms with Crippen LogP contribution in [0.1, 0.15) is 22.3 Å². The molecule has 0 saturated carbocycles. The monoisotopic (exact) mass is 538 g/mol. The van der Waals surface area contributed by atoms with Crippen LogP contribution in [0.5, 0.6) is 0 Å². The van der Waals surface area contributed by atoms with Crippen LogP contribution in [0.3, 0.4) is 0 Å². The zero-order valence-electron chi connectivity index (χ0n) is 20.2. The van der Waals surface area contributed by atoms with Gasteiger partial charge in [0.15, 0.2) is 0 Å². The van der Waals surface area contributed by atoms with Crippen molar-refractivity contribution in [2.45, 2.75) is 36.3 Å². The Bertz CT molecular complexity index is 1490. The van der Waals surface area contributed by atoms with E-state index in [9.17, 15) is 21.2 Å². The number of aryl methyl sites for hydroxylation is 1. The summed E-state index contributed by atoms with van der Waals surface area (Å²) in [4.78, 5) is -0.0743. The standard InChI is InChI=1S/C28H27FN2O4S2/c1-22-7-9-24(10-8-22)20-31(21-25-11-13-26(29)14-12-25)37(34,35)28-17-15-27(16-18-28)36(32,33)30-19-23-5-3-2-4-6-23/h2-18,30H,19-21H2,1H3. The number of nitrogens with zero attached hydrogens (tertiary/aromatic N) is 1. The van der Waals surface area contributed by atoms with Crippen LogP contribution >= 0.6 is 0 Å². The summed E-state index contributed by atoms with van der Waals surface area (Å²) >= 11 is 0. The van der Waals surface area contributed by atoms with Crippen LogP contribution in [-0.2, 0) is 39.7 Å². The van der Waals surface area contributed by atoms with Crippen molar-refractivity contribution >= 4 is 20.0 Å². The quantitative estimate of drug-likeness (QED) is 0.308. The van der Waals surface area contributed by atoms with Gasteiger partial charge in [0.2, 0.25) is 20.0 Å². The van der Waals surface area contributed by atoms with Gasteiger partial charge in [-0.05, 0) is 60.0 Å². The van der Waals surface area contributed by atoms with E-state index in [-0.39, 0.29) is 29.4 Å². The van der Waals surface area contributed by atoms with Crippen molar-refractivity contribution < 1.29 is 21.2 Å². The second-order valence-corrected chi connectivity index (χ2v) is 12.4. The molecule has 37 heavy (non-hydrogen) atoms. The molecular weight excluding hydrogens is 511 g/mol. The topological polar surface area (TPSA) is 83.6 Å². The van der Waals surface area contributed by atoms with Gasteiger partial charge < -0.3 is 0 Å². The molecule has 192 valence electrons. The Morgan fingerprint density at radius 2 is 1.16 bits per heavy atom. The first-order valence-electron chi connectivity index (χ1n) is 11.6. The van der Waals surface area contributed by atoms with E-state index in [2.05, 4.69) is 4.72 Å². The van der Waals surface area contributed by atoms with Crippen molar-refractivity contribution in [1.29, 1.82) is 0 Å². The van der Waals surface area contributed by atoms with Gasteiger partial charge in [-0.1, -0.05) is 72.3 Å². The van der Waals surface area contributed by atoms with Gasteiger partial charge >= 0.3 is 0 Å². The number of sulfonamides is 2. The highest BCUT2D eigenvalue weighted by molar-refractivity contribution is 7.89. The summed E-state index contributed by atoms with van der Waals surface area (Å²) in [7, 11) is -7.85. The Morgan fingerprint density at radius 3 is 1.73 bits per heavy atom. The number of halogens is 1. The van der Waals surface area contributed by atoms with Gasteiger partial charge in [0, 0.05) is 19.6 Å². The van der Waals surface area contributed by atoms with E-state index in [0.29, 0.717) is 5.56 Å². The number of nitrogens with one attached hydrogen (secondary N) is 1. The molecule has 0 atom stereocenters. The summed E-state index contributed by atoms with van der Waals surface area (Å²) in [6.07, 6.45) is 0. The fraction of sp³-hybridized carbons (Fsp3) is 0.143. The summed E-state index contributed by atoms with van der Waals surface area (Å²) in [6, 6.07) is 27.4.